The summed E-state index contributed by atoms with van der Waals surface area (Å²) in [4.78, 5) is 0. The van der Waals surface area contributed by atoms with Crippen molar-refractivity contribution in [3.05, 3.63) is 10.0 Å². The van der Waals surface area contributed by atoms with Crippen molar-refractivity contribution >= 4 is 11.3 Å². The van der Waals surface area contributed by atoms with Gasteiger partial charge in [0.05, 0.1) is 0 Å². The first-order valence-corrected chi connectivity index (χ1v) is 8.23. The smallest absolute Gasteiger partial charge is 0.121 e. The lowest BCUT2D eigenvalue weighted by atomic mass is 10.0. The third-order valence-electron chi connectivity index (χ3n) is 5.27. The minimum Gasteiger partial charge on any atom is -0.317 e. The van der Waals surface area contributed by atoms with Crippen LogP contribution in [0.3, 0.4) is 0 Å². The number of likely N-dealkylation sites (N-methyl/N-ethyl adjacent to an activating group) is 1. The lowest BCUT2D eigenvalue weighted by molar-refractivity contribution is 0.456. The van der Waals surface area contributed by atoms with E-state index in [-0.39, 0.29) is 0 Å². The van der Waals surface area contributed by atoms with Crippen molar-refractivity contribution in [1.29, 1.82) is 0 Å². The fraction of sp³-hybridized carbons (Fsp3) is 0.857. The van der Waals surface area contributed by atoms with Crippen molar-refractivity contribution in [3.63, 3.8) is 0 Å². The lowest BCUT2D eigenvalue weighted by Gasteiger charge is -2.04. The molecule has 0 aromatic carbocycles. The average molecular weight is 263 g/mol. The van der Waals surface area contributed by atoms with E-state index in [1.807, 2.05) is 11.3 Å². The third-order valence-corrected chi connectivity index (χ3v) is 6.35. The molecule has 1 aromatic rings. The summed E-state index contributed by atoms with van der Waals surface area (Å²) in [6.45, 7) is 4.22. The summed E-state index contributed by atoms with van der Waals surface area (Å²) in [5.74, 6) is 4.89. The first kappa shape index (κ1) is 11.4. The molecule has 0 aliphatic heterocycles. The third kappa shape index (κ3) is 1.65. The molecule has 1 aromatic heterocycles. The summed E-state index contributed by atoms with van der Waals surface area (Å²) in [5, 5.41) is 14.8. The fourth-order valence-corrected chi connectivity index (χ4v) is 5.59. The minimum absolute atomic E-state index is 0.807. The largest absolute Gasteiger partial charge is 0.317 e. The average Bonchev–Trinajstić information content (AvgIpc) is 2.77. The maximum atomic E-state index is 4.48. The molecule has 0 spiro atoms. The molecule has 3 saturated carbocycles. The van der Waals surface area contributed by atoms with Crippen molar-refractivity contribution in [2.24, 2.45) is 23.7 Å². The van der Waals surface area contributed by atoms with Crippen molar-refractivity contribution in [1.82, 2.24) is 15.5 Å². The van der Waals surface area contributed by atoms with Gasteiger partial charge in [-0.1, -0.05) is 6.92 Å². The molecule has 1 N–H and O–H groups in total. The van der Waals surface area contributed by atoms with Gasteiger partial charge in [0.25, 0.3) is 0 Å². The standard InChI is InChI=1S/C14H21N3S/c1-2-15-6-5-10-16-17-14(18-10)13-11-8-3-4-9(7-8)12(11)13/h8-9,11-13,15H,2-7H2,1H3. The van der Waals surface area contributed by atoms with E-state index in [1.54, 1.807) is 0 Å². The van der Waals surface area contributed by atoms with Crippen LogP contribution in [-0.2, 0) is 6.42 Å². The molecule has 3 fully saturated rings. The van der Waals surface area contributed by atoms with E-state index in [4.69, 9.17) is 0 Å². The Balaban J connectivity index is 1.41. The van der Waals surface area contributed by atoms with E-state index >= 15 is 0 Å². The summed E-state index contributed by atoms with van der Waals surface area (Å²) >= 11 is 1.88. The molecule has 4 unspecified atom stereocenters. The number of nitrogens with zero attached hydrogens (tertiary/aromatic N) is 2. The Morgan fingerprint density at radius 2 is 2.00 bits per heavy atom. The van der Waals surface area contributed by atoms with Gasteiger partial charge in [0.15, 0.2) is 0 Å². The van der Waals surface area contributed by atoms with Crippen LogP contribution in [0.25, 0.3) is 0 Å². The van der Waals surface area contributed by atoms with Gasteiger partial charge in [-0.05, 0) is 49.5 Å². The quantitative estimate of drug-likeness (QED) is 0.829. The molecule has 3 aliphatic carbocycles. The highest BCUT2D eigenvalue weighted by Crippen LogP contribution is 2.73. The second kappa shape index (κ2) is 4.27. The van der Waals surface area contributed by atoms with E-state index in [0.717, 1.165) is 49.1 Å². The molecule has 1 heterocycles. The SMILES string of the molecule is CCNCCc1nnc(C2C3C4CCC(C4)C23)s1. The summed E-state index contributed by atoms with van der Waals surface area (Å²) in [6.07, 6.45) is 5.56. The molecular formula is C14H21N3S. The topological polar surface area (TPSA) is 37.8 Å². The molecule has 0 amide bonds. The predicted molar refractivity (Wildman–Crippen MR) is 72.7 cm³/mol. The minimum atomic E-state index is 0.807. The maximum Gasteiger partial charge on any atom is 0.121 e. The molecule has 4 heteroatoms. The van der Waals surface area contributed by atoms with E-state index in [0.29, 0.717) is 0 Å². The van der Waals surface area contributed by atoms with Crippen LogP contribution in [-0.4, -0.2) is 23.3 Å². The molecule has 4 rings (SSSR count). The Hall–Kier alpha value is -0.480. The van der Waals surface area contributed by atoms with E-state index in [9.17, 15) is 0 Å². The van der Waals surface area contributed by atoms with Crippen LogP contribution >= 0.6 is 11.3 Å². The van der Waals surface area contributed by atoms with Crippen LogP contribution < -0.4 is 5.32 Å². The normalized spacial score (nSPS) is 40.2. The van der Waals surface area contributed by atoms with Gasteiger partial charge in [0.1, 0.15) is 10.0 Å². The van der Waals surface area contributed by atoms with Crippen molar-refractivity contribution in [2.45, 2.75) is 38.5 Å². The Kier molecular flexibility index (Phi) is 2.69. The van der Waals surface area contributed by atoms with E-state index in [1.165, 1.54) is 29.3 Å². The highest BCUT2D eigenvalue weighted by molar-refractivity contribution is 7.11. The predicted octanol–water partition coefficient (Wildman–Crippen LogP) is 2.45. The summed E-state index contributed by atoms with van der Waals surface area (Å²) in [5.41, 5.74) is 0. The second-order valence-electron chi connectivity index (χ2n) is 6.15. The number of rotatable bonds is 5. The van der Waals surface area contributed by atoms with Crippen LogP contribution in [0.1, 0.15) is 42.1 Å². The Morgan fingerprint density at radius 3 is 2.72 bits per heavy atom. The van der Waals surface area contributed by atoms with E-state index < -0.39 is 0 Å². The number of fused-ring (bicyclic) bond motifs is 5. The highest BCUT2D eigenvalue weighted by atomic mass is 32.1. The molecule has 2 bridgehead atoms. The first-order valence-electron chi connectivity index (χ1n) is 7.41. The summed E-state index contributed by atoms with van der Waals surface area (Å²) in [6, 6.07) is 0. The molecule has 98 valence electrons. The van der Waals surface area contributed by atoms with Gasteiger partial charge >= 0.3 is 0 Å². The maximum absolute atomic E-state index is 4.48. The number of nitrogens with one attached hydrogen (secondary N) is 1. The van der Waals surface area contributed by atoms with Gasteiger partial charge in [-0.2, -0.15) is 0 Å². The molecule has 0 saturated heterocycles. The van der Waals surface area contributed by atoms with Crippen LogP contribution in [0, 0.1) is 23.7 Å². The number of hydrogen-bond acceptors (Lipinski definition) is 4. The van der Waals surface area contributed by atoms with E-state index in [2.05, 4.69) is 22.4 Å². The van der Waals surface area contributed by atoms with Crippen LogP contribution in [0.2, 0.25) is 0 Å². The van der Waals surface area contributed by atoms with Crippen molar-refractivity contribution in [2.75, 3.05) is 13.1 Å². The summed E-state index contributed by atoms with van der Waals surface area (Å²) < 4.78 is 0. The van der Waals surface area contributed by atoms with Gasteiger partial charge in [0, 0.05) is 18.9 Å². The Morgan fingerprint density at radius 1 is 1.22 bits per heavy atom. The number of aromatic nitrogens is 2. The zero-order valence-corrected chi connectivity index (χ0v) is 11.7. The molecule has 18 heavy (non-hydrogen) atoms. The Bertz CT molecular complexity index is 428. The van der Waals surface area contributed by atoms with Crippen LogP contribution in [0.4, 0.5) is 0 Å². The van der Waals surface area contributed by atoms with Gasteiger partial charge in [0.2, 0.25) is 0 Å². The van der Waals surface area contributed by atoms with Crippen molar-refractivity contribution < 1.29 is 0 Å². The molecule has 3 aliphatic rings. The fourth-order valence-electron chi connectivity index (χ4n) is 4.53. The van der Waals surface area contributed by atoms with Crippen molar-refractivity contribution in [3.8, 4) is 0 Å². The van der Waals surface area contributed by atoms with Gasteiger partial charge in [-0.25, -0.2) is 0 Å². The number of hydrogen-bond donors (Lipinski definition) is 1. The molecular weight excluding hydrogens is 242 g/mol. The molecule has 4 atom stereocenters. The first-order chi connectivity index (χ1) is 8.88. The summed E-state index contributed by atoms with van der Waals surface area (Å²) in [7, 11) is 0. The highest BCUT2D eigenvalue weighted by Gasteiger charge is 2.66. The zero-order valence-electron chi connectivity index (χ0n) is 10.9. The zero-order chi connectivity index (χ0) is 12.1. The Labute approximate surface area is 112 Å². The van der Waals surface area contributed by atoms with Gasteiger partial charge in [-0.3, -0.25) is 0 Å². The van der Waals surface area contributed by atoms with Crippen LogP contribution in [0.5, 0.6) is 0 Å². The monoisotopic (exact) mass is 263 g/mol. The second-order valence-corrected chi connectivity index (χ2v) is 7.24. The van der Waals surface area contributed by atoms with Gasteiger partial charge < -0.3 is 5.32 Å². The van der Waals surface area contributed by atoms with Crippen LogP contribution in [0.15, 0.2) is 0 Å². The van der Waals surface area contributed by atoms with Gasteiger partial charge in [-0.15, -0.1) is 21.5 Å². The lowest BCUT2D eigenvalue weighted by Crippen LogP contribution is -2.15. The molecule has 0 radical (unpaired) electrons. The molecule has 3 nitrogen and oxygen atoms in total.